The number of hydrogen-bond acceptors (Lipinski definition) is 4. The van der Waals surface area contributed by atoms with Crippen LogP contribution in [0.25, 0.3) is 10.8 Å². The van der Waals surface area contributed by atoms with Gasteiger partial charge in [-0.1, -0.05) is 36.4 Å². The molecule has 0 spiro atoms. The van der Waals surface area contributed by atoms with E-state index < -0.39 is 17.6 Å². The third-order valence-corrected chi connectivity index (χ3v) is 4.37. The molecule has 5 heteroatoms. The highest BCUT2D eigenvalue weighted by molar-refractivity contribution is 5.88. The molecule has 1 atom stereocenters. The minimum Gasteiger partial charge on any atom is -0.480 e. The molecule has 1 heterocycles. The maximum atomic E-state index is 12.7. The maximum Gasteiger partial charge on any atom is 0.324 e. The van der Waals surface area contributed by atoms with Crippen LogP contribution in [0.1, 0.15) is 31.9 Å². The van der Waals surface area contributed by atoms with Gasteiger partial charge in [-0.3, -0.25) is 14.5 Å². The van der Waals surface area contributed by atoms with Crippen LogP contribution in [0.2, 0.25) is 0 Å². The van der Waals surface area contributed by atoms with Crippen LogP contribution >= 0.6 is 0 Å². The zero-order chi connectivity index (χ0) is 18.2. The lowest BCUT2D eigenvalue weighted by molar-refractivity contribution is -0.163. The van der Waals surface area contributed by atoms with Gasteiger partial charge in [-0.2, -0.15) is 0 Å². The third-order valence-electron chi connectivity index (χ3n) is 4.37. The van der Waals surface area contributed by atoms with E-state index in [0.29, 0.717) is 13.0 Å². The number of carbonyl (C=O) groups is 2. The molecule has 5 nitrogen and oxygen atoms in total. The Hall–Kier alpha value is -2.40. The van der Waals surface area contributed by atoms with Gasteiger partial charge in [0.05, 0.1) is 6.54 Å². The monoisotopic (exact) mass is 341 g/mol. The van der Waals surface area contributed by atoms with Gasteiger partial charge in [0.2, 0.25) is 0 Å². The predicted octanol–water partition coefficient (Wildman–Crippen LogP) is 2.99. The molecular weight excluding hydrogens is 318 g/mol. The second-order valence-corrected chi connectivity index (χ2v) is 7.48. The number of carboxylic acid groups (broad SMARTS) is 1. The second-order valence-electron chi connectivity index (χ2n) is 7.48. The summed E-state index contributed by atoms with van der Waals surface area (Å²) in [5, 5.41) is 11.5. The number of fused-ring (bicyclic) bond motifs is 3. The van der Waals surface area contributed by atoms with Crippen LogP contribution in [-0.2, 0) is 27.3 Å². The summed E-state index contributed by atoms with van der Waals surface area (Å²) in [6.45, 7) is 5.70. The smallest absolute Gasteiger partial charge is 0.324 e. The number of hydrogen-bond donors (Lipinski definition) is 1. The number of nitrogens with zero attached hydrogens (tertiary/aromatic N) is 1. The molecular formula is C20H23NO4. The Balaban J connectivity index is 2.00. The van der Waals surface area contributed by atoms with Crippen LogP contribution in [0.4, 0.5) is 0 Å². The van der Waals surface area contributed by atoms with Gasteiger partial charge >= 0.3 is 11.9 Å². The third kappa shape index (κ3) is 3.82. The maximum absolute atomic E-state index is 12.7. The average molecular weight is 341 g/mol. The topological polar surface area (TPSA) is 66.8 Å². The summed E-state index contributed by atoms with van der Waals surface area (Å²) >= 11 is 0. The molecule has 0 saturated carbocycles. The van der Waals surface area contributed by atoms with Crippen LogP contribution in [0, 0.1) is 0 Å². The van der Waals surface area contributed by atoms with Crippen LogP contribution < -0.4 is 0 Å². The summed E-state index contributed by atoms with van der Waals surface area (Å²) in [7, 11) is 0. The van der Waals surface area contributed by atoms with E-state index in [1.165, 1.54) is 0 Å². The molecule has 0 aromatic heterocycles. The highest BCUT2D eigenvalue weighted by Crippen LogP contribution is 2.31. The second kappa shape index (κ2) is 6.48. The van der Waals surface area contributed by atoms with E-state index in [4.69, 9.17) is 4.74 Å². The van der Waals surface area contributed by atoms with Gasteiger partial charge in [0.15, 0.2) is 0 Å². The summed E-state index contributed by atoms with van der Waals surface area (Å²) in [6.07, 6.45) is 0.457. The number of esters is 1. The minimum absolute atomic E-state index is 0.184. The summed E-state index contributed by atoms with van der Waals surface area (Å²) in [5.41, 5.74) is 1.57. The number of carboxylic acids is 1. The van der Waals surface area contributed by atoms with E-state index >= 15 is 0 Å². The van der Waals surface area contributed by atoms with Gasteiger partial charge in [-0.15, -0.1) is 0 Å². The Labute approximate surface area is 147 Å². The Morgan fingerprint density at radius 1 is 1.20 bits per heavy atom. The predicted molar refractivity (Wildman–Crippen MR) is 95.3 cm³/mol. The molecule has 0 bridgehead atoms. The van der Waals surface area contributed by atoms with Crippen LogP contribution in [0.5, 0.6) is 0 Å². The van der Waals surface area contributed by atoms with Gasteiger partial charge in [0, 0.05) is 6.54 Å². The van der Waals surface area contributed by atoms with Crippen molar-refractivity contribution in [3.8, 4) is 0 Å². The van der Waals surface area contributed by atoms with Crippen LogP contribution in [-0.4, -0.2) is 40.1 Å². The molecule has 0 radical (unpaired) electrons. The summed E-state index contributed by atoms with van der Waals surface area (Å²) in [4.78, 5) is 25.6. The van der Waals surface area contributed by atoms with Gasteiger partial charge in [-0.05, 0) is 49.1 Å². The lowest BCUT2D eigenvalue weighted by atomic mass is 9.89. The SMILES string of the molecule is CC(C)(C)OC(=O)C1Cc2c(ccc3ccccc23)CN1CC(=O)O. The van der Waals surface area contributed by atoms with Crippen molar-refractivity contribution in [1.29, 1.82) is 0 Å². The first kappa shape index (κ1) is 17.4. The Kier molecular flexibility index (Phi) is 4.52. The van der Waals surface area contributed by atoms with Gasteiger partial charge in [-0.25, -0.2) is 0 Å². The van der Waals surface area contributed by atoms with Gasteiger partial charge in [0.25, 0.3) is 0 Å². The Bertz CT molecular complexity index is 822. The number of carbonyl (C=O) groups excluding carboxylic acids is 1. The van der Waals surface area contributed by atoms with E-state index in [1.807, 2.05) is 57.2 Å². The summed E-state index contributed by atoms with van der Waals surface area (Å²) < 4.78 is 5.54. The molecule has 0 fully saturated rings. The molecule has 0 saturated heterocycles. The zero-order valence-corrected chi connectivity index (χ0v) is 14.8. The molecule has 1 unspecified atom stereocenters. The average Bonchev–Trinajstić information content (AvgIpc) is 2.51. The van der Waals surface area contributed by atoms with E-state index in [1.54, 1.807) is 4.90 Å². The van der Waals surface area contributed by atoms with E-state index in [9.17, 15) is 14.7 Å². The molecule has 0 amide bonds. The standard InChI is InChI=1S/C20H23NO4/c1-20(2,3)25-19(24)17-10-16-14(11-21(17)12-18(22)23)9-8-13-6-4-5-7-15(13)16/h4-9,17H,10-12H2,1-3H3,(H,22,23). The number of benzene rings is 2. The number of aliphatic carboxylic acids is 1. The fourth-order valence-corrected chi connectivity index (χ4v) is 3.36. The van der Waals surface area contributed by atoms with Crippen molar-refractivity contribution < 1.29 is 19.4 Å². The van der Waals surface area contributed by atoms with Crippen LogP contribution in [0.3, 0.4) is 0 Å². The molecule has 1 N–H and O–H groups in total. The van der Waals surface area contributed by atoms with Crippen molar-refractivity contribution in [2.75, 3.05) is 6.54 Å². The fourth-order valence-electron chi connectivity index (χ4n) is 3.36. The zero-order valence-electron chi connectivity index (χ0n) is 14.8. The normalized spacial score (nSPS) is 18.0. The highest BCUT2D eigenvalue weighted by Gasteiger charge is 2.36. The summed E-state index contributed by atoms with van der Waals surface area (Å²) in [5.74, 6) is -1.31. The molecule has 1 aliphatic rings. The van der Waals surface area contributed by atoms with E-state index in [0.717, 1.165) is 21.9 Å². The molecule has 3 rings (SSSR count). The first-order chi connectivity index (χ1) is 11.7. The molecule has 1 aliphatic heterocycles. The highest BCUT2D eigenvalue weighted by atomic mass is 16.6. The molecule has 0 aliphatic carbocycles. The van der Waals surface area contributed by atoms with Crippen molar-refractivity contribution in [3.05, 3.63) is 47.5 Å². The largest absolute Gasteiger partial charge is 0.480 e. The molecule has 2 aromatic rings. The summed E-state index contributed by atoms with van der Waals surface area (Å²) in [6, 6.07) is 11.5. The first-order valence-electron chi connectivity index (χ1n) is 8.43. The number of rotatable bonds is 3. The number of ether oxygens (including phenoxy) is 1. The van der Waals surface area contributed by atoms with Crippen LogP contribution in [0.15, 0.2) is 36.4 Å². The van der Waals surface area contributed by atoms with Crippen molar-refractivity contribution in [2.24, 2.45) is 0 Å². The first-order valence-corrected chi connectivity index (χ1v) is 8.43. The Morgan fingerprint density at radius 3 is 2.60 bits per heavy atom. The molecule has 2 aromatic carbocycles. The van der Waals surface area contributed by atoms with Crippen molar-refractivity contribution in [2.45, 2.75) is 45.4 Å². The molecule has 132 valence electrons. The lowest BCUT2D eigenvalue weighted by Crippen LogP contribution is -2.49. The van der Waals surface area contributed by atoms with Crippen molar-refractivity contribution in [1.82, 2.24) is 4.90 Å². The van der Waals surface area contributed by atoms with Gasteiger partial charge in [0.1, 0.15) is 11.6 Å². The van der Waals surface area contributed by atoms with E-state index in [-0.39, 0.29) is 12.5 Å². The van der Waals surface area contributed by atoms with E-state index in [2.05, 4.69) is 0 Å². The van der Waals surface area contributed by atoms with Gasteiger partial charge < -0.3 is 9.84 Å². The fraction of sp³-hybridized carbons (Fsp3) is 0.400. The van der Waals surface area contributed by atoms with Crippen molar-refractivity contribution >= 4 is 22.7 Å². The Morgan fingerprint density at radius 2 is 1.92 bits per heavy atom. The van der Waals surface area contributed by atoms with Crippen molar-refractivity contribution in [3.63, 3.8) is 0 Å². The minimum atomic E-state index is -0.946. The quantitative estimate of drug-likeness (QED) is 0.870. The molecule has 25 heavy (non-hydrogen) atoms. The lowest BCUT2D eigenvalue weighted by Gasteiger charge is -2.36.